The molecule has 0 saturated heterocycles. The maximum Gasteiger partial charge on any atom is 0.221 e. The number of fused-ring (bicyclic) bond motifs is 1. The van der Waals surface area contributed by atoms with Gasteiger partial charge < -0.3 is 5.32 Å². The van der Waals surface area contributed by atoms with Crippen LogP contribution in [0.5, 0.6) is 0 Å². The number of aromatic nitrogens is 2. The maximum atomic E-state index is 11.4. The van der Waals surface area contributed by atoms with Gasteiger partial charge in [0.15, 0.2) is 0 Å². The van der Waals surface area contributed by atoms with Crippen molar-refractivity contribution >= 4 is 22.7 Å². The summed E-state index contributed by atoms with van der Waals surface area (Å²) in [5.74, 6) is -0.111. The summed E-state index contributed by atoms with van der Waals surface area (Å²) in [6.45, 7) is 1.50. The Morgan fingerprint density at radius 1 is 1.19 bits per heavy atom. The van der Waals surface area contributed by atoms with Crippen molar-refractivity contribution < 1.29 is 4.79 Å². The molecule has 1 amide bonds. The Hall–Kier alpha value is -2.88. The van der Waals surface area contributed by atoms with E-state index < -0.39 is 0 Å². The molecule has 1 aliphatic rings. The van der Waals surface area contributed by atoms with E-state index in [9.17, 15) is 4.79 Å². The van der Waals surface area contributed by atoms with Crippen molar-refractivity contribution in [2.75, 3.05) is 5.32 Å². The first kappa shape index (κ1) is 13.1. The first-order valence-electron chi connectivity index (χ1n) is 6.72. The number of allylic oxidation sites excluding steroid dienone is 8. The molecule has 4 nitrogen and oxygen atoms in total. The number of rotatable bonds is 2. The number of carbonyl (C=O) groups is 1. The van der Waals surface area contributed by atoms with Crippen LogP contribution in [0.2, 0.25) is 0 Å². The van der Waals surface area contributed by atoms with Crippen molar-refractivity contribution in [1.29, 1.82) is 0 Å². The van der Waals surface area contributed by atoms with Gasteiger partial charge in [-0.25, -0.2) is 4.52 Å². The maximum absolute atomic E-state index is 11.4. The van der Waals surface area contributed by atoms with Gasteiger partial charge in [-0.05, 0) is 17.7 Å². The molecular formula is C17H15N3O. The smallest absolute Gasteiger partial charge is 0.221 e. The molecule has 4 heteroatoms. The van der Waals surface area contributed by atoms with Gasteiger partial charge in [-0.15, -0.1) is 0 Å². The van der Waals surface area contributed by atoms with Crippen LogP contribution in [0, 0.1) is 0 Å². The van der Waals surface area contributed by atoms with Crippen molar-refractivity contribution in [3.8, 4) is 0 Å². The number of nitrogens with one attached hydrogen (secondary N) is 1. The lowest BCUT2D eigenvalue weighted by Gasteiger charge is -2.12. The summed E-state index contributed by atoms with van der Waals surface area (Å²) < 4.78 is 1.80. The molecule has 0 saturated carbocycles. The topological polar surface area (TPSA) is 46.4 Å². The number of hydrogen-bond donors (Lipinski definition) is 1. The second-order valence-electron chi connectivity index (χ2n) is 4.70. The molecule has 2 aromatic heterocycles. The van der Waals surface area contributed by atoms with E-state index in [1.807, 2.05) is 60.9 Å². The minimum absolute atomic E-state index is 0.111. The molecule has 1 aliphatic carbocycles. The summed E-state index contributed by atoms with van der Waals surface area (Å²) in [5, 5.41) is 7.17. The molecule has 0 fully saturated rings. The van der Waals surface area contributed by atoms with Crippen LogP contribution in [-0.2, 0) is 4.79 Å². The number of anilines is 1. The van der Waals surface area contributed by atoms with Crippen LogP contribution in [0.25, 0.3) is 11.1 Å². The molecule has 0 radical (unpaired) electrons. The first-order valence-corrected chi connectivity index (χ1v) is 6.72. The third-order valence-electron chi connectivity index (χ3n) is 3.16. The molecule has 0 aromatic carbocycles. The predicted octanol–water partition coefficient (Wildman–Crippen LogP) is 3.36. The van der Waals surface area contributed by atoms with Gasteiger partial charge in [-0.3, -0.25) is 4.79 Å². The molecule has 104 valence electrons. The molecule has 0 atom stereocenters. The number of hydrogen-bond acceptors (Lipinski definition) is 2. The highest BCUT2D eigenvalue weighted by atomic mass is 16.1. The highest BCUT2D eigenvalue weighted by Gasteiger charge is 2.12. The molecule has 0 bridgehead atoms. The molecule has 0 unspecified atom stereocenters. The Bertz CT molecular complexity index is 807. The normalized spacial score (nSPS) is 20.9. The van der Waals surface area contributed by atoms with Crippen LogP contribution >= 0.6 is 0 Å². The Morgan fingerprint density at radius 2 is 2.00 bits per heavy atom. The highest BCUT2D eigenvalue weighted by Crippen LogP contribution is 2.29. The van der Waals surface area contributed by atoms with Crippen molar-refractivity contribution in [3.05, 3.63) is 72.6 Å². The van der Waals surface area contributed by atoms with E-state index in [2.05, 4.69) is 10.4 Å². The zero-order valence-corrected chi connectivity index (χ0v) is 11.7. The number of amides is 1. The Balaban J connectivity index is 2.22. The van der Waals surface area contributed by atoms with Gasteiger partial charge in [0.25, 0.3) is 0 Å². The minimum atomic E-state index is -0.111. The second kappa shape index (κ2) is 5.63. The summed E-state index contributed by atoms with van der Waals surface area (Å²) in [6, 6.07) is 3.92. The Morgan fingerprint density at radius 3 is 2.86 bits per heavy atom. The van der Waals surface area contributed by atoms with Crippen molar-refractivity contribution in [1.82, 2.24) is 9.61 Å². The van der Waals surface area contributed by atoms with Crippen LogP contribution in [-0.4, -0.2) is 15.5 Å². The fourth-order valence-electron chi connectivity index (χ4n) is 2.31. The summed E-state index contributed by atoms with van der Waals surface area (Å²) in [4.78, 5) is 11.4. The first-order chi connectivity index (χ1) is 10.3. The highest BCUT2D eigenvalue weighted by molar-refractivity contribution is 5.98. The number of carbonyl (C=O) groups excluding carboxylic acids is 1. The fraction of sp³-hybridized carbons (Fsp3) is 0.0588. The van der Waals surface area contributed by atoms with E-state index in [1.165, 1.54) is 6.92 Å². The second-order valence-corrected chi connectivity index (χ2v) is 4.70. The van der Waals surface area contributed by atoms with Crippen molar-refractivity contribution in [2.24, 2.45) is 0 Å². The number of nitrogens with zero attached hydrogens (tertiary/aromatic N) is 2. The van der Waals surface area contributed by atoms with E-state index in [0.29, 0.717) is 5.69 Å². The standard InChI is InChI=1S/C17H15N3O/c1-13(21)19-15-12-18-20-11-7-10-16(20)17(15)14-8-5-3-2-4-6-9-14/h2-12H,1H3,(H,19,21)/b3-2-,4-2?,5-3?,6-4-,8-5-,9-6?,14-8?,14-9+. The molecule has 21 heavy (non-hydrogen) atoms. The molecule has 3 rings (SSSR count). The van der Waals surface area contributed by atoms with Crippen molar-refractivity contribution in [2.45, 2.75) is 6.92 Å². The molecule has 1 N–H and O–H groups in total. The molecule has 0 spiro atoms. The van der Waals surface area contributed by atoms with Crippen LogP contribution in [0.4, 0.5) is 5.69 Å². The summed E-state index contributed by atoms with van der Waals surface area (Å²) >= 11 is 0. The lowest BCUT2D eigenvalue weighted by molar-refractivity contribution is -0.114. The third kappa shape index (κ3) is 2.69. The van der Waals surface area contributed by atoms with Gasteiger partial charge in [-0.1, -0.05) is 42.5 Å². The van der Waals surface area contributed by atoms with E-state index >= 15 is 0 Å². The Kier molecular flexibility index (Phi) is 3.51. The Labute approximate surface area is 122 Å². The summed E-state index contributed by atoms with van der Waals surface area (Å²) in [7, 11) is 0. The summed E-state index contributed by atoms with van der Waals surface area (Å²) in [5.41, 5.74) is 3.64. The van der Waals surface area contributed by atoms with Gasteiger partial charge in [0.05, 0.1) is 17.4 Å². The monoisotopic (exact) mass is 277 g/mol. The largest absolute Gasteiger partial charge is 0.324 e. The van der Waals surface area contributed by atoms with Crippen molar-refractivity contribution in [3.63, 3.8) is 0 Å². The van der Waals surface area contributed by atoms with E-state index in [4.69, 9.17) is 0 Å². The summed E-state index contributed by atoms with van der Waals surface area (Å²) in [6.07, 6.45) is 17.5. The van der Waals surface area contributed by atoms with Gasteiger partial charge in [0.2, 0.25) is 5.91 Å². The van der Waals surface area contributed by atoms with E-state index in [1.54, 1.807) is 10.7 Å². The van der Waals surface area contributed by atoms with Gasteiger partial charge in [0.1, 0.15) is 0 Å². The SMILES string of the molecule is CC(=O)Nc1cnn2cccc2c1C1=C/C=C\C=C/C=C\1. The van der Waals surface area contributed by atoms with Gasteiger partial charge in [0, 0.05) is 18.7 Å². The zero-order chi connectivity index (χ0) is 14.7. The van der Waals surface area contributed by atoms with Gasteiger partial charge >= 0.3 is 0 Å². The quantitative estimate of drug-likeness (QED) is 0.915. The average molecular weight is 277 g/mol. The lowest BCUT2D eigenvalue weighted by atomic mass is 10.0. The van der Waals surface area contributed by atoms with E-state index in [0.717, 1.165) is 16.7 Å². The third-order valence-corrected chi connectivity index (χ3v) is 3.16. The van der Waals surface area contributed by atoms with Crippen LogP contribution in [0.3, 0.4) is 0 Å². The van der Waals surface area contributed by atoms with Crippen LogP contribution < -0.4 is 5.32 Å². The lowest BCUT2D eigenvalue weighted by Crippen LogP contribution is -2.10. The molecule has 2 heterocycles. The predicted molar refractivity (Wildman–Crippen MR) is 84.9 cm³/mol. The molecular weight excluding hydrogens is 262 g/mol. The van der Waals surface area contributed by atoms with Crippen LogP contribution in [0.1, 0.15) is 12.5 Å². The van der Waals surface area contributed by atoms with Gasteiger partial charge in [-0.2, -0.15) is 5.10 Å². The molecule has 2 aromatic rings. The fourth-order valence-corrected chi connectivity index (χ4v) is 2.31. The minimum Gasteiger partial charge on any atom is -0.324 e. The molecule has 0 aliphatic heterocycles. The zero-order valence-electron chi connectivity index (χ0n) is 11.7. The van der Waals surface area contributed by atoms with E-state index in [-0.39, 0.29) is 5.91 Å². The van der Waals surface area contributed by atoms with Crippen LogP contribution in [0.15, 0.2) is 67.1 Å². The average Bonchev–Trinajstić information content (AvgIpc) is 2.87.